The van der Waals surface area contributed by atoms with Gasteiger partial charge in [0.25, 0.3) is 5.91 Å². The number of nitrogens with one attached hydrogen (secondary N) is 1. The van der Waals surface area contributed by atoms with Gasteiger partial charge in [-0.3, -0.25) is 9.59 Å². The van der Waals surface area contributed by atoms with Crippen LogP contribution in [-0.4, -0.2) is 23.5 Å². The fourth-order valence-corrected chi connectivity index (χ4v) is 2.69. The number of benzene rings is 1. The molecule has 0 unspecified atom stereocenters. The standard InChI is InChI=1S/C15H19NO3/c17-14(11-6-2-1-3-7-11)16-10-12-8-4-5-9-13(12)15(18)19/h1-3,6-7,12-13H,4-5,8-10H2,(H,16,17)(H,18,19)/t12-,13-/m0/s1. The molecule has 1 amide bonds. The zero-order valence-electron chi connectivity index (χ0n) is 10.8. The second-order valence-electron chi connectivity index (χ2n) is 5.07. The van der Waals surface area contributed by atoms with Gasteiger partial charge in [-0.1, -0.05) is 31.0 Å². The second-order valence-corrected chi connectivity index (χ2v) is 5.07. The van der Waals surface area contributed by atoms with Crippen LogP contribution in [0.1, 0.15) is 36.0 Å². The zero-order chi connectivity index (χ0) is 13.7. The van der Waals surface area contributed by atoms with E-state index in [0.29, 0.717) is 12.1 Å². The van der Waals surface area contributed by atoms with E-state index < -0.39 is 5.97 Å². The van der Waals surface area contributed by atoms with Crippen molar-refractivity contribution < 1.29 is 14.7 Å². The normalized spacial score (nSPS) is 22.7. The molecule has 2 rings (SSSR count). The van der Waals surface area contributed by atoms with Crippen molar-refractivity contribution in [2.24, 2.45) is 11.8 Å². The molecule has 2 atom stereocenters. The molecule has 1 aromatic carbocycles. The van der Waals surface area contributed by atoms with E-state index in [0.717, 1.165) is 25.7 Å². The number of carboxylic acid groups (broad SMARTS) is 1. The predicted molar refractivity (Wildman–Crippen MR) is 71.9 cm³/mol. The van der Waals surface area contributed by atoms with Crippen molar-refractivity contribution in [2.45, 2.75) is 25.7 Å². The third-order valence-electron chi connectivity index (χ3n) is 3.79. The molecule has 0 heterocycles. The van der Waals surface area contributed by atoms with Crippen molar-refractivity contribution in [2.75, 3.05) is 6.54 Å². The largest absolute Gasteiger partial charge is 0.481 e. The zero-order valence-corrected chi connectivity index (χ0v) is 10.8. The minimum atomic E-state index is -0.737. The first-order chi connectivity index (χ1) is 9.18. The van der Waals surface area contributed by atoms with Crippen molar-refractivity contribution >= 4 is 11.9 Å². The summed E-state index contributed by atoms with van der Waals surface area (Å²) in [7, 11) is 0. The molecule has 102 valence electrons. The van der Waals surface area contributed by atoms with Crippen molar-refractivity contribution in [1.82, 2.24) is 5.32 Å². The van der Waals surface area contributed by atoms with Crippen molar-refractivity contribution in [1.29, 1.82) is 0 Å². The summed E-state index contributed by atoms with van der Waals surface area (Å²) in [5, 5.41) is 12.0. The molecule has 0 bridgehead atoms. The molecule has 1 aliphatic carbocycles. The van der Waals surface area contributed by atoms with E-state index in [2.05, 4.69) is 5.32 Å². The first kappa shape index (κ1) is 13.6. The minimum Gasteiger partial charge on any atom is -0.481 e. The van der Waals surface area contributed by atoms with E-state index in [1.807, 2.05) is 18.2 Å². The second kappa shape index (κ2) is 6.36. The monoisotopic (exact) mass is 261 g/mol. The number of hydrogen-bond acceptors (Lipinski definition) is 2. The van der Waals surface area contributed by atoms with Gasteiger partial charge in [0, 0.05) is 12.1 Å². The van der Waals surface area contributed by atoms with Gasteiger partial charge in [0.2, 0.25) is 0 Å². The van der Waals surface area contributed by atoms with Crippen LogP contribution in [0.2, 0.25) is 0 Å². The predicted octanol–water partition coefficient (Wildman–Crippen LogP) is 2.31. The lowest BCUT2D eigenvalue weighted by Gasteiger charge is -2.28. The molecule has 1 fully saturated rings. The van der Waals surface area contributed by atoms with Crippen molar-refractivity contribution in [3.05, 3.63) is 35.9 Å². The smallest absolute Gasteiger partial charge is 0.306 e. The van der Waals surface area contributed by atoms with E-state index in [1.54, 1.807) is 12.1 Å². The summed E-state index contributed by atoms with van der Waals surface area (Å²) in [6, 6.07) is 9.00. The van der Waals surface area contributed by atoms with E-state index >= 15 is 0 Å². The number of carbonyl (C=O) groups is 2. The lowest BCUT2D eigenvalue weighted by molar-refractivity contribution is -0.144. The summed E-state index contributed by atoms with van der Waals surface area (Å²) in [5.74, 6) is -1.13. The van der Waals surface area contributed by atoms with Gasteiger partial charge < -0.3 is 10.4 Å². The molecule has 1 aromatic rings. The lowest BCUT2D eigenvalue weighted by Crippen LogP contribution is -2.37. The van der Waals surface area contributed by atoms with Gasteiger partial charge in [-0.2, -0.15) is 0 Å². The van der Waals surface area contributed by atoms with Gasteiger partial charge in [0.05, 0.1) is 5.92 Å². The van der Waals surface area contributed by atoms with Crippen LogP contribution in [0, 0.1) is 11.8 Å². The Morgan fingerprint density at radius 1 is 1.16 bits per heavy atom. The average molecular weight is 261 g/mol. The fraction of sp³-hybridized carbons (Fsp3) is 0.467. The Morgan fingerprint density at radius 3 is 2.53 bits per heavy atom. The molecule has 19 heavy (non-hydrogen) atoms. The highest BCUT2D eigenvalue weighted by Gasteiger charge is 2.30. The molecule has 0 saturated heterocycles. The summed E-state index contributed by atoms with van der Waals surface area (Å²) >= 11 is 0. The van der Waals surface area contributed by atoms with Crippen LogP contribution < -0.4 is 5.32 Å². The Labute approximate surface area is 112 Å². The SMILES string of the molecule is O=C(NC[C@@H]1CCCC[C@@H]1C(=O)O)c1ccccc1. The summed E-state index contributed by atoms with van der Waals surface area (Å²) in [6.07, 6.45) is 3.63. The van der Waals surface area contributed by atoms with Crippen molar-refractivity contribution in [3.63, 3.8) is 0 Å². The van der Waals surface area contributed by atoms with E-state index in [9.17, 15) is 14.7 Å². The number of hydrogen-bond donors (Lipinski definition) is 2. The first-order valence-corrected chi connectivity index (χ1v) is 6.74. The van der Waals surface area contributed by atoms with Gasteiger partial charge in [-0.25, -0.2) is 0 Å². The topological polar surface area (TPSA) is 66.4 Å². The van der Waals surface area contributed by atoms with Gasteiger partial charge in [-0.05, 0) is 30.9 Å². The highest BCUT2D eigenvalue weighted by Crippen LogP contribution is 2.29. The fourth-order valence-electron chi connectivity index (χ4n) is 2.69. The lowest BCUT2D eigenvalue weighted by atomic mass is 9.79. The maximum Gasteiger partial charge on any atom is 0.306 e. The summed E-state index contributed by atoms with van der Waals surface area (Å²) < 4.78 is 0. The Kier molecular flexibility index (Phi) is 4.55. The van der Waals surface area contributed by atoms with Crippen LogP contribution in [0.25, 0.3) is 0 Å². The Hall–Kier alpha value is -1.84. The highest BCUT2D eigenvalue weighted by atomic mass is 16.4. The van der Waals surface area contributed by atoms with Gasteiger partial charge in [-0.15, -0.1) is 0 Å². The molecule has 0 aromatic heterocycles. The number of carboxylic acids is 1. The van der Waals surface area contributed by atoms with Crippen LogP contribution in [0.15, 0.2) is 30.3 Å². The number of aliphatic carboxylic acids is 1. The van der Waals surface area contributed by atoms with E-state index in [-0.39, 0.29) is 17.7 Å². The first-order valence-electron chi connectivity index (χ1n) is 6.74. The maximum atomic E-state index is 11.9. The van der Waals surface area contributed by atoms with Crippen LogP contribution in [-0.2, 0) is 4.79 Å². The molecule has 0 aliphatic heterocycles. The number of amides is 1. The van der Waals surface area contributed by atoms with E-state index in [1.165, 1.54) is 0 Å². The summed E-state index contributed by atoms with van der Waals surface area (Å²) in [6.45, 7) is 0.449. The molecule has 0 radical (unpaired) electrons. The Balaban J connectivity index is 1.90. The maximum absolute atomic E-state index is 11.9. The minimum absolute atomic E-state index is 0.0545. The van der Waals surface area contributed by atoms with E-state index in [4.69, 9.17) is 0 Å². The third kappa shape index (κ3) is 3.56. The Morgan fingerprint density at radius 2 is 1.84 bits per heavy atom. The van der Waals surface area contributed by atoms with Crippen LogP contribution >= 0.6 is 0 Å². The summed E-state index contributed by atoms with van der Waals surface area (Å²) in [5.41, 5.74) is 0.616. The average Bonchev–Trinajstić information content (AvgIpc) is 2.46. The molecule has 1 saturated carbocycles. The molecular weight excluding hydrogens is 242 g/mol. The molecule has 4 heteroatoms. The molecular formula is C15H19NO3. The van der Waals surface area contributed by atoms with Gasteiger partial charge in [0.1, 0.15) is 0 Å². The Bertz CT molecular complexity index is 444. The molecule has 0 spiro atoms. The van der Waals surface area contributed by atoms with Gasteiger partial charge in [0.15, 0.2) is 0 Å². The molecule has 1 aliphatic rings. The highest BCUT2D eigenvalue weighted by molar-refractivity contribution is 5.94. The van der Waals surface area contributed by atoms with Gasteiger partial charge >= 0.3 is 5.97 Å². The summed E-state index contributed by atoms with van der Waals surface area (Å²) in [4.78, 5) is 23.1. The number of rotatable bonds is 4. The molecule has 4 nitrogen and oxygen atoms in total. The molecule has 2 N–H and O–H groups in total. The third-order valence-corrected chi connectivity index (χ3v) is 3.79. The van der Waals surface area contributed by atoms with Crippen LogP contribution in [0.3, 0.4) is 0 Å². The van der Waals surface area contributed by atoms with Crippen LogP contribution in [0.5, 0.6) is 0 Å². The van der Waals surface area contributed by atoms with Crippen molar-refractivity contribution in [3.8, 4) is 0 Å². The van der Waals surface area contributed by atoms with Crippen LogP contribution in [0.4, 0.5) is 0 Å². The quantitative estimate of drug-likeness (QED) is 0.874. The number of carbonyl (C=O) groups excluding carboxylic acids is 1.